The monoisotopic (exact) mass is 1900 g/mol. The van der Waals surface area contributed by atoms with Crippen LogP contribution in [0.4, 0.5) is 51.2 Å². The van der Waals surface area contributed by atoms with Gasteiger partial charge in [0, 0.05) is 106 Å². The third-order valence-electron chi connectivity index (χ3n) is 31.0. The van der Waals surface area contributed by atoms with Gasteiger partial charge in [0.1, 0.15) is 0 Å². The van der Waals surface area contributed by atoms with E-state index in [-0.39, 0.29) is 5.41 Å². The van der Waals surface area contributed by atoms with Gasteiger partial charge >= 0.3 is 0 Å². The van der Waals surface area contributed by atoms with E-state index in [2.05, 4.69) is 600 Å². The van der Waals surface area contributed by atoms with Gasteiger partial charge in [0.25, 0.3) is 0 Å². The van der Waals surface area contributed by atoms with Crippen molar-refractivity contribution in [3.8, 4) is 83.8 Å². The molecule has 0 unspecified atom stereocenters. The lowest BCUT2D eigenvalue weighted by molar-refractivity contribution is 0.660. The Labute approximate surface area is 864 Å². The molecule has 6 nitrogen and oxygen atoms in total. The first kappa shape index (κ1) is 87.4. The van der Waals surface area contributed by atoms with Crippen LogP contribution in [-0.2, 0) is 5.41 Å². The fraction of sp³-hybridized carbons (Fsp3) is 0.0210. The van der Waals surface area contributed by atoms with Gasteiger partial charge in [0.05, 0.1) is 33.1 Å². The van der Waals surface area contributed by atoms with Crippen molar-refractivity contribution < 1.29 is 0 Å². The largest absolute Gasteiger partial charge is 0.310 e. The maximum atomic E-state index is 2.44. The van der Waals surface area contributed by atoms with Crippen LogP contribution in [0.15, 0.2) is 558 Å². The van der Waals surface area contributed by atoms with Crippen molar-refractivity contribution in [2.24, 2.45) is 0 Å². The third kappa shape index (κ3) is 15.2. The summed E-state index contributed by atoms with van der Waals surface area (Å²) in [4.78, 5) is 7.16. The number of aromatic nitrogens is 3. The van der Waals surface area contributed by atoms with Crippen molar-refractivity contribution in [3.05, 3.63) is 569 Å². The smallest absolute Gasteiger partial charge is 0.0547 e. The Morgan fingerprint density at radius 1 is 0.148 bits per heavy atom. The molecule has 0 amide bonds. The fourth-order valence-corrected chi connectivity index (χ4v) is 23.9. The number of benzene rings is 26. The lowest BCUT2D eigenvalue weighted by Crippen LogP contribution is -2.16. The highest BCUT2D eigenvalue weighted by Crippen LogP contribution is 2.53. The van der Waals surface area contributed by atoms with Crippen LogP contribution < -0.4 is 14.7 Å². The zero-order chi connectivity index (χ0) is 98.7. The normalized spacial score (nSPS) is 12.1. The zero-order valence-electron chi connectivity index (χ0n) is 82.3. The highest BCUT2D eigenvalue weighted by molar-refractivity contribution is 6.27. The number of hydrogen-bond acceptors (Lipinski definition) is 3. The highest BCUT2D eigenvalue weighted by Gasteiger charge is 2.36. The highest BCUT2D eigenvalue weighted by atomic mass is 15.2. The summed E-state index contributed by atoms with van der Waals surface area (Å²) in [6, 6.07) is 203. The minimum absolute atomic E-state index is 0.0920. The summed E-state index contributed by atoms with van der Waals surface area (Å²) in [6.07, 6.45) is 0. The van der Waals surface area contributed by atoms with Crippen LogP contribution in [-0.4, -0.2) is 13.7 Å². The van der Waals surface area contributed by atoms with Crippen LogP contribution in [0.2, 0.25) is 0 Å². The molecule has 1 aliphatic carbocycles. The molecule has 3 aromatic heterocycles. The molecule has 0 N–H and O–H groups in total. The molecule has 700 valence electrons. The molecule has 3 heterocycles. The van der Waals surface area contributed by atoms with Crippen LogP contribution in [0, 0.1) is 0 Å². The molecule has 0 aliphatic heterocycles. The molecule has 0 spiro atoms. The molecule has 0 atom stereocenters. The summed E-state index contributed by atoms with van der Waals surface area (Å²) < 4.78 is 7.29. The molecular weight excluding hydrogens is 1800 g/mol. The molecule has 1 aliphatic rings. The lowest BCUT2D eigenvalue weighted by atomic mass is 9.82. The maximum Gasteiger partial charge on any atom is 0.0547 e. The van der Waals surface area contributed by atoms with Crippen molar-refractivity contribution in [1.29, 1.82) is 0 Å². The number of fused-ring (bicyclic) bond motifs is 5. The first-order chi connectivity index (χ1) is 73.6. The first-order valence-corrected chi connectivity index (χ1v) is 51.5. The topological polar surface area (TPSA) is 24.5 Å². The summed E-state index contributed by atoms with van der Waals surface area (Å²) >= 11 is 0. The Bertz CT molecular complexity index is 9890. The number of rotatable bonds is 17. The second-order valence-electron chi connectivity index (χ2n) is 39.8. The van der Waals surface area contributed by atoms with Gasteiger partial charge in [-0.05, 0) is 302 Å². The quantitative estimate of drug-likeness (QED) is 0.0850. The molecule has 30 rings (SSSR count). The molecule has 0 bridgehead atoms. The average molecular weight is 1900 g/mol. The van der Waals surface area contributed by atoms with Gasteiger partial charge < -0.3 is 28.4 Å². The van der Waals surface area contributed by atoms with Gasteiger partial charge in [-0.3, -0.25) is 0 Å². The SMILES string of the molecule is CC1(C)c2ccccc2-c2ccc(N(c3ccc(-c4ccccc4)cc3)c3cccc(-n4c5cccc6ccc7cccc4c7c65)c3)cc21.c1ccc(-c2ccc(N(c3ccc(-c4ccc5ccccc5c4)cc3)c3cccc(-n4c5cccc6ccc7cccc4c7c65)c3)cc2)cc1.c1ccc(-c2ccc(N(c3ccc(-c4cccc5ccccc45)cc3)c3cccc(-n4c5cccc6ccc7cccc4c7c65)c3)cc2)cc1. The van der Waals surface area contributed by atoms with Gasteiger partial charge in [-0.1, -0.05) is 402 Å². The molecule has 0 saturated heterocycles. The zero-order valence-corrected chi connectivity index (χ0v) is 82.3. The molecule has 149 heavy (non-hydrogen) atoms. The molecule has 6 heteroatoms. The van der Waals surface area contributed by atoms with E-state index in [9.17, 15) is 0 Å². The minimum Gasteiger partial charge on any atom is -0.310 e. The number of nitrogens with zero attached hydrogens (tertiary/aromatic N) is 6. The van der Waals surface area contributed by atoms with Crippen LogP contribution in [0.1, 0.15) is 25.0 Å². The molecule has 29 aromatic rings. The van der Waals surface area contributed by atoms with E-state index in [4.69, 9.17) is 0 Å². The summed E-state index contributed by atoms with van der Waals surface area (Å²) in [7, 11) is 0. The Morgan fingerprint density at radius 2 is 0.403 bits per heavy atom. The summed E-state index contributed by atoms with van der Waals surface area (Å²) in [5.74, 6) is 0. The van der Waals surface area contributed by atoms with Crippen molar-refractivity contribution in [2.75, 3.05) is 14.7 Å². The maximum absolute atomic E-state index is 2.44. The number of hydrogen-bond donors (Lipinski definition) is 0. The van der Waals surface area contributed by atoms with E-state index in [1.54, 1.807) is 0 Å². The first-order valence-electron chi connectivity index (χ1n) is 51.5. The molecule has 0 saturated carbocycles. The van der Waals surface area contributed by atoms with E-state index in [1.165, 1.54) is 197 Å². The minimum atomic E-state index is -0.0920. The van der Waals surface area contributed by atoms with E-state index in [1.807, 2.05) is 0 Å². The van der Waals surface area contributed by atoms with E-state index in [0.717, 1.165) is 68.2 Å². The Hall–Kier alpha value is -19.4. The van der Waals surface area contributed by atoms with Gasteiger partial charge in [-0.2, -0.15) is 0 Å². The van der Waals surface area contributed by atoms with Crippen LogP contribution in [0.25, 0.3) is 203 Å². The van der Waals surface area contributed by atoms with E-state index < -0.39 is 0 Å². The molecule has 26 aromatic carbocycles. The predicted molar refractivity (Wildman–Crippen MR) is 632 cm³/mol. The fourth-order valence-electron chi connectivity index (χ4n) is 23.9. The van der Waals surface area contributed by atoms with Gasteiger partial charge in [-0.15, -0.1) is 0 Å². The third-order valence-corrected chi connectivity index (χ3v) is 31.0. The van der Waals surface area contributed by atoms with Gasteiger partial charge in [0.2, 0.25) is 0 Å². The summed E-state index contributed by atoms with van der Waals surface area (Å²) in [5.41, 5.74) is 38.2. The summed E-state index contributed by atoms with van der Waals surface area (Å²) in [6.45, 7) is 4.71. The average Bonchev–Trinajstić information content (AvgIpc) is 1.55. The predicted octanol–water partition coefficient (Wildman–Crippen LogP) is 39.5. The summed E-state index contributed by atoms with van der Waals surface area (Å²) in [5, 5.41) is 20.6. The molecular formula is C143H98N6. The van der Waals surface area contributed by atoms with Crippen molar-refractivity contribution in [2.45, 2.75) is 19.3 Å². The Balaban J connectivity index is 0.000000108. The van der Waals surface area contributed by atoms with Crippen molar-refractivity contribution in [3.63, 3.8) is 0 Å². The van der Waals surface area contributed by atoms with Crippen LogP contribution in [0.5, 0.6) is 0 Å². The van der Waals surface area contributed by atoms with E-state index in [0.29, 0.717) is 0 Å². The number of anilines is 9. The second-order valence-corrected chi connectivity index (χ2v) is 39.8. The van der Waals surface area contributed by atoms with Crippen molar-refractivity contribution >= 4 is 170 Å². The Morgan fingerprint density at radius 3 is 0.792 bits per heavy atom. The molecule has 0 radical (unpaired) electrons. The van der Waals surface area contributed by atoms with Crippen LogP contribution >= 0.6 is 0 Å². The van der Waals surface area contributed by atoms with Gasteiger partial charge in [-0.25, -0.2) is 0 Å². The standard InChI is InChI=1S/2C48H32N2.C47H34N2/c1-2-10-33(11-3-1)34-24-28-39(29-25-34)49(40-30-26-36(27-31-40)44-19-6-13-35-12-4-5-18-43(35)44)41-16-9-17-42(32-41)50-45-20-7-14-37-22-23-38-15-8-21-46(50)48(38)47(37)45;1-2-9-33(10-3-1)35-23-27-41(28-24-35)49(42-29-25-36(26-30-42)40-22-19-34-11-4-5-12-39(34)31-40)43-15-8-16-44(32-43)50-45-17-6-13-37-20-21-38-14-7-18-46(50)48(38)47(37)45;1-47(2)41-18-7-6-17-39(41)40-28-27-38(30-42(40)47)48(35-25-23-32(24-26-35)31-11-4-3-5-12-31)36-15-10-16-37(29-36)49-43-19-8-13-33-21-22-34-14-9-20-44(49)46(34)45(33)43/h2*1-32H;3-30H,1-2H3. The Kier molecular flexibility index (Phi) is 21.2. The lowest BCUT2D eigenvalue weighted by Gasteiger charge is -2.28. The van der Waals surface area contributed by atoms with Crippen LogP contribution in [0.3, 0.4) is 0 Å². The van der Waals surface area contributed by atoms with Crippen molar-refractivity contribution in [1.82, 2.24) is 13.7 Å². The van der Waals surface area contributed by atoms with Gasteiger partial charge in [0.15, 0.2) is 0 Å². The molecule has 0 fully saturated rings. The second kappa shape index (κ2) is 36.2. The van der Waals surface area contributed by atoms with E-state index >= 15 is 0 Å².